The fourth-order valence-corrected chi connectivity index (χ4v) is 1.67. The Kier molecular flexibility index (Phi) is 2.79. The third kappa shape index (κ3) is 2.22. The van der Waals surface area contributed by atoms with Crippen LogP contribution in [0.2, 0.25) is 5.02 Å². The molecule has 1 aromatic heterocycles. The van der Waals surface area contributed by atoms with Crippen molar-refractivity contribution in [3.05, 3.63) is 46.1 Å². The molecule has 0 aliphatic heterocycles. The lowest BCUT2D eigenvalue weighted by Crippen LogP contribution is -1.87. The number of benzene rings is 1. The van der Waals surface area contributed by atoms with Gasteiger partial charge in [-0.05, 0) is 36.5 Å². The van der Waals surface area contributed by atoms with E-state index in [2.05, 4.69) is 9.97 Å². The first kappa shape index (κ1) is 10.3. The van der Waals surface area contributed by atoms with Gasteiger partial charge in [0.25, 0.3) is 0 Å². The van der Waals surface area contributed by atoms with E-state index in [-0.39, 0.29) is 5.82 Å². The number of hydrogen-bond acceptors (Lipinski definition) is 2. The minimum absolute atomic E-state index is 0.340. The zero-order chi connectivity index (χ0) is 10.8. The molecule has 0 fully saturated rings. The number of H-pyrrole nitrogens is 1. The highest BCUT2D eigenvalue weighted by Crippen LogP contribution is 2.26. The second-order valence-corrected chi connectivity index (χ2v) is 3.71. The maximum absolute atomic E-state index is 12.8. The lowest BCUT2D eigenvalue weighted by atomic mass is 10.1. The van der Waals surface area contributed by atoms with Gasteiger partial charge in [-0.25, -0.2) is 9.37 Å². The van der Waals surface area contributed by atoms with E-state index in [1.165, 1.54) is 12.1 Å². The second-order valence-electron chi connectivity index (χ2n) is 2.91. The van der Waals surface area contributed by atoms with Crippen molar-refractivity contribution >= 4 is 23.8 Å². The highest BCUT2D eigenvalue weighted by atomic mass is 35.5. The molecule has 0 amide bonds. The van der Waals surface area contributed by atoms with E-state index in [0.717, 1.165) is 5.69 Å². The standard InChI is InChI=1S/C10H6ClFN2S/c11-8-5-6(12)1-2-7(8)9-3-4-13-10(15)14-9/h1-5H,(H,13,14,15). The van der Waals surface area contributed by atoms with Crippen LogP contribution in [0.4, 0.5) is 4.39 Å². The second kappa shape index (κ2) is 4.08. The molecule has 2 nitrogen and oxygen atoms in total. The normalized spacial score (nSPS) is 10.3. The Morgan fingerprint density at radius 2 is 2.13 bits per heavy atom. The molecule has 0 spiro atoms. The van der Waals surface area contributed by atoms with Crippen LogP contribution in [0.3, 0.4) is 0 Å². The van der Waals surface area contributed by atoms with Gasteiger partial charge in [0.15, 0.2) is 4.77 Å². The van der Waals surface area contributed by atoms with Crippen molar-refractivity contribution in [2.24, 2.45) is 0 Å². The minimum atomic E-state index is -0.364. The minimum Gasteiger partial charge on any atom is -0.330 e. The topological polar surface area (TPSA) is 28.7 Å². The molecule has 1 N–H and O–H groups in total. The lowest BCUT2D eigenvalue weighted by molar-refractivity contribution is 0.628. The molecule has 0 radical (unpaired) electrons. The van der Waals surface area contributed by atoms with E-state index in [0.29, 0.717) is 15.4 Å². The largest absolute Gasteiger partial charge is 0.330 e. The van der Waals surface area contributed by atoms with Crippen molar-refractivity contribution < 1.29 is 4.39 Å². The van der Waals surface area contributed by atoms with Crippen LogP contribution in [0.25, 0.3) is 11.3 Å². The summed E-state index contributed by atoms with van der Waals surface area (Å²) in [5.74, 6) is -0.364. The van der Waals surface area contributed by atoms with Crippen LogP contribution in [0, 0.1) is 10.6 Å². The predicted molar refractivity (Wildman–Crippen MR) is 59.8 cm³/mol. The number of aromatic amines is 1. The quantitative estimate of drug-likeness (QED) is 0.772. The average molecular weight is 241 g/mol. The molecular weight excluding hydrogens is 235 g/mol. The Balaban J connectivity index is 2.59. The van der Waals surface area contributed by atoms with Crippen LogP contribution >= 0.6 is 23.8 Å². The van der Waals surface area contributed by atoms with Gasteiger partial charge in [-0.1, -0.05) is 11.6 Å². The van der Waals surface area contributed by atoms with Gasteiger partial charge in [0.05, 0.1) is 10.7 Å². The number of hydrogen-bond donors (Lipinski definition) is 1. The molecule has 1 aromatic carbocycles. The Bertz CT molecular complexity index is 553. The maximum atomic E-state index is 12.8. The van der Waals surface area contributed by atoms with Crippen molar-refractivity contribution in [2.75, 3.05) is 0 Å². The van der Waals surface area contributed by atoms with Crippen LogP contribution in [0.5, 0.6) is 0 Å². The van der Waals surface area contributed by atoms with Gasteiger partial charge in [-0.15, -0.1) is 0 Å². The summed E-state index contributed by atoms with van der Waals surface area (Å²) < 4.78 is 13.2. The number of halogens is 2. The molecule has 0 unspecified atom stereocenters. The first-order valence-electron chi connectivity index (χ1n) is 4.17. The molecule has 0 aliphatic rings. The maximum Gasteiger partial charge on any atom is 0.197 e. The van der Waals surface area contributed by atoms with E-state index in [1.807, 2.05) is 0 Å². The van der Waals surface area contributed by atoms with Gasteiger partial charge >= 0.3 is 0 Å². The summed E-state index contributed by atoms with van der Waals surface area (Å²) in [6, 6.07) is 5.93. The molecule has 0 aliphatic carbocycles. The number of nitrogens with one attached hydrogen (secondary N) is 1. The van der Waals surface area contributed by atoms with Gasteiger partial charge in [-0.2, -0.15) is 0 Å². The van der Waals surface area contributed by atoms with E-state index in [1.54, 1.807) is 18.3 Å². The van der Waals surface area contributed by atoms with Crippen LogP contribution in [0.1, 0.15) is 0 Å². The zero-order valence-corrected chi connectivity index (χ0v) is 9.07. The highest BCUT2D eigenvalue weighted by molar-refractivity contribution is 7.71. The summed E-state index contributed by atoms with van der Waals surface area (Å²) in [5.41, 5.74) is 1.42. The molecule has 0 saturated heterocycles. The Labute approximate surface area is 95.8 Å². The van der Waals surface area contributed by atoms with E-state index >= 15 is 0 Å². The third-order valence-corrected chi connectivity index (χ3v) is 2.42. The number of nitrogens with zero attached hydrogens (tertiary/aromatic N) is 1. The summed E-state index contributed by atoms with van der Waals surface area (Å²) >= 11 is 10.8. The van der Waals surface area contributed by atoms with Gasteiger partial charge in [0.2, 0.25) is 0 Å². The van der Waals surface area contributed by atoms with Gasteiger partial charge in [-0.3, -0.25) is 0 Å². The molecule has 1 heterocycles. The van der Waals surface area contributed by atoms with Crippen LogP contribution in [0.15, 0.2) is 30.5 Å². The van der Waals surface area contributed by atoms with Crippen molar-refractivity contribution in [2.45, 2.75) is 0 Å². The third-order valence-electron chi connectivity index (χ3n) is 1.90. The number of aromatic nitrogens is 2. The fourth-order valence-electron chi connectivity index (χ4n) is 1.23. The smallest absolute Gasteiger partial charge is 0.197 e. The Hall–Kier alpha value is -1.26. The fraction of sp³-hybridized carbons (Fsp3) is 0. The van der Waals surface area contributed by atoms with Gasteiger partial charge < -0.3 is 4.98 Å². The molecule has 0 bridgehead atoms. The van der Waals surface area contributed by atoms with Crippen molar-refractivity contribution in [3.8, 4) is 11.3 Å². The first-order chi connectivity index (χ1) is 7.16. The Morgan fingerprint density at radius 1 is 1.33 bits per heavy atom. The van der Waals surface area contributed by atoms with Gasteiger partial charge in [0.1, 0.15) is 5.82 Å². The van der Waals surface area contributed by atoms with E-state index < -0.39 is 0 Å². The summed E-state index contributed by atoms with van der Waals surface area (Å²) in [6.45, 7) is 0. The monoisotopic (exact) mass is 240 g/mol. The molecule has 2 aromatic rings. The molecule has 2 rings (SSSR count). The highest BCUT2D eigenvalue weighted by Gasteiger charge is 2.04. The molecule has 0 atom stereocenters. The lowest BCUT2D eigenvalue weighted by Gasteiger charge is -2.03. The summed E-state index contributed by atoms with van der Waals surface area (Å²) in [7, 11) is 0. The predicted octanol–water partition coefficient (Wildman–Crippen LogP) is 3.60. The van der Waals surface area contributed by atoms with Crippen LogP contribution < -0.4 is 0 Å². The van der Waals surface area contributed by atoms with Crippen molar-refractivity contribution in [1.29, 1.82) is 0 Å². The van der Waals surface area contributed by atoms with E-state index in [9.17, 15) is 4.39 Å². The Morgan fingerprint density at radius 3 is 2.80 bits per heavy atom. The van der Waals surface area contributed by atoms with E-state index in [4.69, 9.17) is 23.8 Å². The number of rotatable bonds is 1. The SMILES string of the molecule is Fc1ccc(-c2ccnc(=S)[nH]2)c(Cl)c1. The zero-order valence-electron chi connectivity index (χ0n) is 7.50. The molecular formula is C10H6ClFN2S. The average Bonchev–Trinajstić information content (AvgIpc) is 2.17. The van der Waals surface area contributed by atoms with Gasteiger partial charge in [0, 0.05) is 11.8 Å². The summed E-state index contributed by atoms with van der Waals surface area (Å²) in [4.78, 5) is 6.74. The van der Waals surface area contributed by atoms with Crippen LogP contribution in [-0.4, -0.2) is 9.97 Å². The molecule has 5 heteroatoms. The molecule has 15 heavy (non-hydrogen) atoms. The van der Waals surface area contributed by atoms with Crippen LogP contribution in [-0.2, 0) is 0 Å². The molecule has 76 valence electrons. The summed E-state index contributed by atoms with van der Waals surface area (Å²) in [5, 5.41) is 0.340. The van der Waals surface area contributed by atoms with Crippen molar-refractivity contribution in [3.63, 3.8) is 0 Å². The van der Waals surface area contributed by atoms with Crippen molar-refractivity contribution in [1.82, 2.24) is 9.97 Å². The molecule has 0 saturated carbocycles. The summed E-state index contributed by atoms with van der Waals surface area (Å²) in [6.07, 6.45) is 1.58. The first-order valence-corrected chi connectivity index (χ1v) is 4.96.